The smallest absolute Gasteiger partial charge is 0.0986 e. The Hall–Kier alpha value is -2.56. The first kappa shape index (κ1) is 14.4. The normalized spacial score (nSPS) is 21.9. The molecule has 1 fully saturated rings. The summed E-state index contributed by atoms with van der Waals surface area (Å²) in [4.78, 5) is 6.15. The minimum absolute atomic E-state index is 0.275. The van der Waals surface area contributed by atoms with E-state index in [1.165, 1.54) is 0 Å². The van der Waals surface area contributed by atoms with Crippen LogP contribution in [-0.4, -0.2) is 26.7 Å². The lowest BCUT2D eigenvalue weighted by Crippen LogP contribution is -2.49. The monoisotopic (exact) mass is 295 g/mol. The van der Waals surface area contributed by atoms with Gasteiger partial charge in [0.2, 0.25) is 0 Å². The third-order valence-corrected chi connectivity index (χ3v) is 4.26. The van der Waals surface area contributed by atoms with Crippen LogP contribution >= 0.6 is 0 Å². The molecule has 1 atom stereocenters. The zero-order chi connectivity index (χ0) is 15.9. The van der Waals surface area contributed by atoms with E-state index in [4.69, 9.17) is 0 Å². The lowest BCUT2D eigenvalue weighted by molar-refractivity contribution is 0.256. The van der Waals surface area contributed by atoms with E-state index in [9.17, 15) is 0 Å². The first-order valence-electron chi connectivity index (χ1n) is 7.24. The van der Waals surface area contributed by atoms with Crippen LogP contribution in [0.1, 0.15) is 19.0 Å². The summed E-state index contributed by atoms with van der Waals surface area (Å²) in [6.07, 6.45) is 4.39. The van der Waals surface area contributed by atoms with Gasteiger partial charge in [0.1, 0.15) is 0 Å². The summed E-state index contributed by atoms with van der Waals surface area (Å²) in [6, 6.07) is 6.04. The van der Waals surface area contributed by atoms with E-state index < -0.39 is 0 Å². The van der Waals surface area contributed by atoms with Gasteiger partial charge in [-0.1, -0.05) is 13.2 Å². The van der Waals surface area contributed by atoms with Crippen molar-refractivity contribution < 1.29 is 0 Å². The van der Waals surface area contributed by atoms with Crippen LogP contribution in [0.15, 0.2) is 55.3 Å². The zero-order valence-corrected chi connectivity index (χ0v) is 13.3. The van der Waals surface area contributed by atoms with E-state index >= 15 is 0 Å². The van der Waals surface area contributed by atoms with Gasteiger partial charge in [-0.3, -0.25) is 9.67 Å². The molecule has 2 aromatic rings. The Morgan fingerprint density at radius 1 is 1.32 bits per heavy atom. The molecule has 1 aliphatic heterocycles. The van der Waals surface area contributed by atoms with Crippen molar-refractivity contribution in [1.82, 2.24) is 25.0 Å². The Balaban J connectivity index is 2.00. The largest absolute Gasteiger partial charge is 0.361 e. The molecule has 0 radical (unpaired) electrons. The van der Waals surface area contributed by atoms with E-state index in [0.717, 1.165) is 34.9 Å². The molecule has 3 heterocycles. The zero-order valence-electron chi connectivity index (χ0n) is 13.3. The Morgan fingerprint density at radius 3 is 2.73 bits per heavy atom. The summed E-state index contributed by atoms with van der Waals surface area (Å²) in [5.74, 6) is 0.850. The lowest BCUT2D eigenvalue weighted by Gasteiger charge is -2.43. The SMILES string of the molecule is C=C1C[C@@](C)(c2cc(-c3cccnc3)nn2C)NC(=C)N1C. The van der Waals surface area contributed by atoms with Crippen molar-refractivity contribution in [2.75, 3.05) is 7.05 Å². The lowest BCUT2D eigenvalue weighted by atomic mass is 9.89. The first-order valence-corrected chi connectivity index (χ1v) is 7.24. The van der Waals surface area contributed by atoms with Gasteiger partial charge in [-0.05, 0) is 25.1 Å². The molecule has 5 nitrogen and oxygen atoms in total. The highest BCUT2D eigenvalue weighted by molar-refractivity contribution is 5.58. The number of hydrogen-bond donors (Lipinski definition) is 1. The minimum Gasteiger partial charge on any atom is -0.361 e. The summed E-state index contributed by atoms with van der Waals surface area (Å²) in [5, 5.41) is 8.12. The molecular formula is C17H21N5. The number of rotatable bonds is 2. The Labute approximate surface area is 131 Å². The molecule has 1 aliphatic rings. The summed E-state index contributed by atoms with van der Waals surface area (Å²) < 4.78 is 1.92. The fourth-order valence-electron chi connectivity index (χ4n) is 2.96. The van der Waals surface area contributed by atoms with Crippen molar-refractivity contribution >= 4 is 0 Å². The van der Waals surface area contributed by atoms with Crippen LogP contribution in [0.5, 0.6) is 0 Å². The maximum Gasteiger partial charge on any atom is 0.0986 e. The fourth-order valence-corrected chi connectivity index (χ4v) is 2.96. The molecule has 0 aliphatic carbocycles. The van der Waals surface area contributed by atoms with Crippen molar-refractivity contribution in [3.8, 4) is 11.3 Å². The summed E-state index contributed by atoms with van der Waals surface area (Å²) in [5.41, 5.74) is 3.79. The average Bonchev–Trinajstić information content (AvgIpc) is 2.88. The van der Waals surface area contributed by atoms with Crippen LogP contribution in [0.3, 0.4) is 0 Å². The van der Waals surface area contributed by atoms with Crippen LogP contribution < -0.4 is 5.32 Å². The molecule has 3 rings (SSSR count). The van der Waals surface area contributed by atoms with Crippen LogP contribution in [0.25, 0.3) is 11.3 Å². The van der Waals surface area contributed by atoms with Crippen LogP contribution in [-0.2, 0) is 12.6 Å². The predicted molar refractivity (Wildman–Crippen MR) is 87.6 cm³/mol. The van der Waals surface area contributed by atoms with Crippen molar-refractivity contribution in [3.05, 3.63) is 61.0 Å². The molecule has 5 heteroatoms. The van der Waals surface area contributed by atoms with Crippen LogP contribution in [0.2, 0.25) is 0 Å². The summed E-state index contributed by atoms with van der Waals surface area (Å²) >= 11 is 0. The highest BCUT2D eigenvalue weighted by Crippen LogP contribution is 2.35. The maximum atomic E-state index is 4.63. The maximum absolute atomic E-state index is 4.63. The highest BCUT2D eigenvalue weighted by Gasteiger charge is 2.36. The number of nitrogens with one attached hydrogen (secondary N) is 1. The van der Waals surface area contributed by atoms with Crippen molar-refractivity contribution in [2.24, 2.45) is 7.05 Å². The highest BCUT2D eigenvalue weighted by atomic mass is 15.3. The van der Waals surface area contributed by atoms with E-state index in [2.05, 4.69) is 41.5 Å². The molecule has 1 N–H and O–H groups in total. The Kier molecular flexibility index (Phi) is 3.28. The topological polar surface area (TPSA) is 46.0 Å². The fraction of sp³-hybridized carbons (Fsp3) is 0.294. The van der Waals surface area contributed by atoms with Gasteiger partial charge in [0.05, 0.1) is 22.7 Å². The van der Waals surface area contributed by atoms with Crippen molar-refractivity contribution in [1.29, 1.82) is 0 Å². The molecule has 0 saturated carbocycles. The standard InChI is InChI=1S/C17H21N5/c1-12-10-17(3,19-13(2)21(12)4)16-9-15(20-22(16)5)14-7-6-8-18-11-14/h6-9,11,19H,1-2,10H2,3-5H3/t17-/m0/s1. The van der Waals surface area contributed by atoms with Gasteiger partial charge in [0.25, 0.3) is 0 Å². The van der Waals surface area contributed by atoms with Gasteiger partial charge in [-0.25, -0.2) is 0 Å². The molecule has 0 aromatic carbocycles. The molecule has 1 saturated heterocycles. The molecular weight excluding hydrogens is 274 g/mol. The average molecular weight is 295 g/mol. The number of hydrogen-bond acceptors (Lipinski definition) is 4. The summed E-state index contributed by atoms with van der Waals surface area (Å²) in [6.45, 7) is 10.4. The number of nitrogens with zero attached hydrogens (tertiary/aromatic N) is 4. The van der Waals surface area contributed by atoms with Crippen molar-refractivity contribution in [2.45, 2.75) is 18.9 Å². The van der Waals surface area contributed by atoms with E-state index in [0.29, 0.717) is 0 Å². The molecule has 114 valence electrons. The van der Waals surface area contributed by atoms with Crippen LogP contribution in [0.4, 0.5) is 0 Å². The van der Waals surface area contributed by atoms with Crippen LogP contribution in [0, 0.1) is 0 Å². The summed E-state index contributed by atoms with van der Waals surface area (Å²) in [7, 11) is 3.94. The first-order chi connectivity index (χ1) is 10.4. The Bertz CT molecular complexity index is 711. The third kappa shape index (κ3) is 2.28. The van der Waals surface area contributed by atoms with E-state index in [1.807, 2.05) is 42.0 Å². The molecule has 0 unspecified atom stereocenters. The quantitative estimate of drug-likeness (QED) is 0.925. The molecule has 0 bridgehead atoms. The number of pyridine rings is 1. The molecule has 0 amide bonds. The second-order valence-electron chi connectivity index (χ2n) is 5.99. The Morgan fingerprint density at radius 2 is 2.09 bits per heavy atom. The second kappa shape index (κ2) is 5.02. The minimum atomic E-state index is -0.275. The molecule has 22 heavy (non-hydrogen) atoms. The van der Waals surface area contributed by atoms with E-state index in [1.54, 1.807) is 6.20 Å². The van der Waals surface area contributed by atoms with Gasteiger partial charge < -0.3 is 10.2 Å². The second-order valence-corrected chi connectivity index (χ2v) is 5.99. The van der Waals surface area contributed by atoms with Gasteiger partial charge in [-0.2, -0.15) is 5.10 Å². The predicted octanol–water partition coefficient (Wildman–Crippen LogP) is 2.61. The van der Waals surface area contributed by atoms with Crippen molar-refractivity contribution in [3.63, 3.8) is 0 Å². The van der Waals surface area contributed by atoms with Gasteiger partial charge in [-0.15, -0.1) is 0 Å². The van der Waals surface area contributed by atoms with E-state index in [-0.39, 0.29) is 5.54 Å². The number of aryl methyl sites for hydroxylation is 1. The third-order valence-electron chi connectivity index (χ3n) is 4.26. The van der Waals surface area contributed by atoms with Gasteiger partial charge in [0, 0.05) is 44.2 Å². The van der Waals surface area contributed by atoms with Gasteiger partial charge >= 0.3 is 0 Å². The molecule has 2 aromatic heterocycles. The van der Waals surface area contributed by atoms with Gasteiger partial charge in [0.15, 0.2) is 0 Å². The molecule has 0 spiro atoms. The number of aromatic nitrogens is 3.